The van der Waals surface area contributed by atoms with Gasteiger partial charge in [-0.05, 0) is 108 Å². The minimum atomic E-state index is -0.988. The normalized spacial score (nSPS) is 15.7. The van der Waals surface area contributed by atoms with Gasteiger partial charge in [-0.25, -0.2) is 10.4 Å². The summed E-state index contributed by atoms with van der Waals surface area (Å²) >= 11 is 2.92. The molecule has 0 spiro atoms. The standard InChI is InChI=1S/C53H60N6O11S2/c1-32(35-8-10-36(11-9-35)47-33(2)54-31-71-47)56-50(64)43-26-40(62)29-59(43)52(66)49(53(3,4)5)57-45(63)30-69-23-22-67-20-21-68-24-25-70-41-17-6-34(7-18-41)28-55-58-51(65)46-42-19-16-39(61)27-44(42)72-48(46)37-12-14-38(60)15-13-37/h6-19,27-28,31-32,40,43,49,60-62H,20-26,29-30H2,1-5H3,(H,56,64)(H,57,63)(H,58,65)/b55-28+/t32-,40+,43-,49+/m0/s1. The molecule has 72 heavy (non-hydrogen) atoms. The van der Waals surface area contributed by atoms with Gasteiger partial charge in [-0.2, -0.15) is 5.10 Å². The van der Waals surface area contributed by atoms with Crippen molar-refractivity contribution in [2.45, 2.75) is 65.3 Å². The summed E-state index contributed by atoms with van der Waals surface area (Å²) < 4.78 is 23.2. The first kappa shape index (κ1) is 53.1. The summed E-state index contributed by atoms with van der Waals surface area (Å²) in [5.41, 5.74) is 8.47. The largest absolute Gasteiger partial charge is 0.508 e. The molecule has 4 aromatic carbocycles. The summed E-state index contributed by atoms with van der Waals surface area (Å²) in [5, 5.41) is 41.0. The van der Waals surface area contributed by atoms with Crippen LogP contribution in [-0.4, -0.2) is 126 Å². The van der Waals surface area contributed by atoms with Crippen molar-refractivity contribution in [3.63, 3.8) is 0 Å². The number of benzene rings is 4. The first-order valence-corrected chi connectivity index (χ1v) is 25.2. The molecule has 1 aliphatic rings. The lowest BCUT2D eigenvalue weighted by Gasteiger charge is -2.35. The number of rotatable bonds is 22. The van der Waals surface area contributed by atoms with Crippen molar-refractivity contribution >= 4 is 62.6 Å². The molecule has 17 nitrogen and oxygen atoms in total. The van der Waals surface area contributed by atoms with Crippen LogP contribution in [0.5, 0.6) is 17.2 Å². The Morgan fingerprint density at radius 2 is 1.47 bits per heavy atom. The third-order valence-electron chi connectivity index (χ3n) is 11.8. The number of hydrogen-bond donors (Lipinski definition) is 6. The zero-order valence-corrected chi connectivity index (χ0v) is 42.4. The van der Waals surface area contributed by atoms with Crippen LogP contribution in [0.1, 0.15) is 67.3 Å². The number of hydrazone groups is 1. The summed E-state index contributed by atoms with van der Waals surface area (Å²) in [6.07, 6.45) is 0.707. The SMILES string of the molecule is Cc1ncsc1-c1ccc([C@H](C)NC(=O)[C@@H]2C[C@@H](O)CN2C(=O)[C@@H](NC(=O)COCCOCCOCCOc2ccc(/C=N/NC(=O)c3c(-c4ccc(O)cc4)sc4cc(O)ccc34)cc2)C(C)(C)C)cc1. The van der Waals surface area contributed by atoms with Crippen LogP contribution in [0, 0.1) is 12.3 Å². The fourth-order valence-electron chi connectivity index (χ4n) is 8.04. The molecular formula is C53H60N6O11S2. The molecule has 4 amide bonds. The Balaban J connectivity index is 0.763. The van der Waals surface area contributed by atoms with Gasteiger partial charge in [-0.15, -0.1) is 22.7 Å². The summed E-state index contributed by atoms with van der Waals surface area (Å²) in [4.78, 5) is 61.5. The predicted octanol–water partition coefficient (Wildman–Crippen LogP) is 6.97. The molecule has 0 aliphatic carbocycles. The van der Waals surface area contributed by atoms with Crippen LogP contribution >= 0.6 is 22.7 Å². The van der Waals surface area contributed by atoms with Crippen LogP contribution in [0.3, 0.4) is 0 Å². The maximum Gasteiger partial charge on any atom is 0.273 e. The molecule has 0 saturated carbocycles. The number of amides is 4. The van der Waals surface area contributed by atoms with E-state index in [-0.39, 0.29) is 56.2 Å². The molecule has 1 aliphatic heterocycles. The first-order chi connectivity index (χ1) is 34.5. The van der Waals surface area contributed by atoms with Crippen molar-refractivity contribution in [3.05, 3.63) is 119 Å². The number of ether oxygens (including phenoxy) is 4. The second-order valence-corrected chi connectivity index (χ2v) is 20.2. The number of thiophene rings is 1. The van der Waals surface area contributed by atoms with Gasteiger partial charge in [-0.3, -0.25) is 19.2 Å². The second kappa shape index (κ2) is 24.6. The van der Waals surface area contributed by atoms with Crippen LogP contribution in [-0.2, 0) is 28.6 Å². The van der Waals surface area contributed by atoms with E-state index in [9.17, 15) is 34.5 Å². The van der Waals surface area contributed by atoms with Gasteiger partial charge in [0.05, 0.1) is 73.0 Å². The van der Waals surface area contributed by atoms with E-state index in [1.807, 2.05) is 64.4 Å². The lowest BCUT2D eigenvalue weighted by atomic mass is 9.85. The first-order valence-electron chi connectivity index (χ1n) is 23.5. The van der Waals surface area contributed by atoms with E-state index in [0.29, 0.717) is 48.0 Å². The molecule has 2 aromatic heterocycles. The van der Waals surface area contributed by atoms with Crippen molar-refractivity contribution in [2.75, 3.05) is 52.8 Å². The Kier molecular flexibility index (Phi) is 18.1. The molecule has 4 atom stereocenters. The highest BCUT2D eigenvalue weighted by Crippen LogP contribution is 2.40. The van der Waals surface area contributed by atoms with E-state index < -0.39 is 41.3 Å². The summed E-state index contributed by atoms with van der Waals surface area (Å²) in [6, 6.07) is 24.2. The third kappa shape index (κ3) is 14.0. The molecule has 19 heteroatoms. The number of aliphatic hydroxyl groups is 1. The van der Waals surface area contributed by atoms with E-state index in [4.69, 9.17) is 18.9 Å². The van der Waals surface area contributed by atoms with E-state index in [0.717, 1.165) is 37.5 Å². The molecular weight excluding hydrogens is 961 g/mol. The van der Waals surface area contributed by atoms with Crippen molar-refractivity contribution in [1.82, 2.24) is 25.9 Å². The fraction of sp³-hybridized carbons (Fsp3) is 0.358. The minimum Gasteiger partial charge on any atom is -0.508 e. The molecule has 3 heterocycles. The summed E-state index contributed by atoms with van der Waals surface area (Å²) in [7, 11) is 0. The van der Waals surface area contributed by atoms with E-state index >= 15 is 0 Å². The molecule has 0 bridgehead atoms. The number of phenols is 2. The Bertz CT molecular complexity index is 2830. The Morgan fingerprint density at radius 3 is 2.14 bits per heavy atom. The number of carbonyl (C=O) groups excluding carboxylic acids is 4. The van der Waals surface area contributed by atoms with Crippen molar-refractivity contribution in [3.8, 4) is 38.1 Å². The minimum absolute atomic E-state index is 0.0341. The molecule has 7 rings (SSSR count). The lowest BCUT2D eigenvalue weighted by Crippen LogP contribution is -2.58. The van der Waals surface area contributed by atoms with Gasteiger partial charge in [0.1, 0.15) is 42.5 Å². The number of aryl methyl sites for hydroxylation is 1. The zero-order valence-electron chi connectivity index (χ0n) is 40.8. The van der Waals surface area contributed by atoms with Crippen LogP contribution in [0.15, 0.2) is 102 Å². The van der Waals surface area contributed by atoms with Crippen molar-refractivity contribution < 1.29 is 53.4 Å². The Labute approximate surface area is 425 Å². The number of nitrogens with zero attached hydrogens (tertiary/aromatic N) is 3. The number of carbonyl (C=O) groups is 4. The molecule has 6 aromatic rings. The average molecular weight is 1020 g/mol. The monoisotopic (exact) mass is 1020 g/mol. The zero-order chi connectivity index (χ0) is 51.4. The molecule has 6 N–H and O–H groups in total. The highest BCUT2D eigenvalue weighted by molar-refractivity contribution is 7.22. The quantitative estimate of drug-likeness (QED) is 0.0230. The highest BCUT2D eigenvalue weighted by atomic mass is 32.1. The molecule has 0 unspecified atom stereocenters. The van der Waals surface area contributed by atoms with Crippen LogP contribution in [0.2, 0.25) is 0 Å². The number of β-amino-alcohol motifs (C(OH)–C–C–N with tert-alkyl or cyclic N) is 1. The van der Waals surface area contributed by atoms with Crippen LogP contribution in [0.4, 0.5) is 0 Å². The number of aromatic hydroxyl groups is 2. The van der Waals surface area contributed by atoms with Gasteiger partial charge < -0.3 is 49.8 Å². The summed E-state index contributed by atoms with van der Waals surface area (Å²) in [6.45, 7) is 10.5. The average Bonchev–Trinajstić information content (AvgIpc) is 4.08. The molecule has 380 valence electrons. The number of nitrogens with one attached hydrogen (secondary N) is 3. The fourth-order valence-corrected chi connectivity index (χ4v) is 10.1. The third-order valence-corrected chi connectivity index (χ3v) is 14.0. The maximum atomic E-state index is 14.0. The molecule has 1 saturated heterocycles. The number of thiazole rings is 1. The smallest absolute Gasteiger partial charge is 0.273 e. The van der Waals surface area contributed by atoms with Crippen molar-refractivity contribution in [1.29, 1.82) is 0 Å². The summed E-state index contributed by atoms with van der Waals surface area (Å²) in [5.74, 6) is -0.940. The van der Waals surface area contributed by atoms with Crippen LogP contribution < -0.4 is 20.8 Å². The number of likely N-dealkylation sites (tertiary alicyclic amines) is 1. The van der Waals surface area contributed by atoms with Gasteiger partial charge in [0.15, 0.2) is 0 Å². The number of aliphatic hydroxyl groups excluding tert-OH is 1. The second-order valence-electron chi connectivity index (χ2n) is 18.3. The Hall–Kier alpha value is -6.74. The number of aromatic nitrogens is 1. The number of fused-ring (bicyclic) bond motifs is 1. The lowest BCUT2D eigenvalue weighted by molar-refractivity contribution is -0.144. The van der Waals surface area contributed by atoms with Gasteiger partial charge in [-0.1, -0.05) is 45.0 Å². The van der Waals surface area contributed by atoms with Crippen molar-refractivity contribution in [2.24, 2.45) is 10.5 Å². The van der Waals surface area contributed by atoms with Gasteiger partial charge in [0, 0.05) is 27.9 Å². The van der Waals surface area contributed by atoms with Gasteiger partial charge in [0.2, 0.25) is 17.7 Å². The van der Waals surface area contributed by atoms with E-state index in [1.54, 1.807) is 72.0 Å². The maximum absolute atomic E-state index is 14.0. The highest BCUT2D eigenvalue weighted by Gasteiger charge is 2.44. The molecule has 1 fully saturated rings. The number of phenolic OH excluding ortho intramolecular Hbond substituents is 2. The Morgan fingerprint density at radius 1 is 0.833 bits per heavy atom. The van der Waals surface area contributed by atoms with E-state index in [1.165, 1.54) is 28.5 Å². The van der Waals surface area contributed by atoms with E-state index in [2.05, 4.69) is 26.1 Å². The molecule has 0 radical (unpaired) electrons. The number of hydrogen-bond acceptors (Lipinski definition) is 15. The van der Waals surface area contributed by atoms with Gasteiger partial charge >= 0.3 is 0 Å². The topological polar surface area (TPSA) is 230 Å². The van der Waals surface area contributed by atoms with Crippen LogP contribution in [0.25, 0.3) is 31.0 Å². The van der Waals surface area contributed by atoms with Gasteiger partial charge in [0.25, 0.3) is 5.91 Å². The predicted molar refractivity (Wildman–Crippen MR) is 276 cm³/mol.